The summed E-state index contributed by atoms with van der Waals surface area (Å²) in [4.78, 5) is 15.1. The maximum absolute atomic E-state index is 13.2. The zero-order valence-electron chi connectivity index (χ0n) is 13.1. The topological polar surface area (TPSA) is 63.9 Å². The lowest BCUT2D eigenvalue weighted by molar-refractivity contribution is -0.122. The van der Waals surface area contributed by atoms with Gasteiger partial charge < -0.3 is 4.90 Å². The Hall–Kier alpha value is -3.02. The summed E-state index contributed by atoms with van der Waals surface area (Å²) in [6.07, 6.45) is 2.95. The predicted octanol–water partition coefficient (Wildman–Crippen LogP) is 2.05. The zero-order chi connectivity index (χ0) is 16.4. The van der Waals surface area contributed by atoms with Gasteiger partial charge in [0.2, 0.25) is 0 Å². The SMILES string of the molecule is O=C([C@@H](Cc1ccccc1)n1cnnn1)N1CCc2ccccc21. The molecule has 0 saturated carbocycles. The maximum Gasteiger partial charge on any atom is 0.252 e. The van der Waals surface area contributed by atoms with Crippen LogP contribution in [0.3, 0.4) is 0 Å². The van der Waals surface area contributed by atoms with E-state index in [1.807, 2.05) is 53.4 Å². The van der Waals surface area contributed by atoms with E-state index in [-0.39, 0.29) is 5.91 Å². The Morgan fingerprint density at radius 2 is 1.88 bits per heavy atom. The first kappa shape index (κ1) is 14.6. The van der Waals surface area contributed by atoms with E-state index in [1.54, 1.807) is 4.68 Å². The number of carbonyl (C=O) groups excluding carboxylic acids is 1. The van der Waals surface area contributed by atoms with Crippen molar-refractivity contribution in [2.24, 2.45) is 0 Å². The van der Waals surface area contributed by atoms with E-state index in [4.69, 9.17) is 0 Å². The summed E-state index contributed by atoms with van der Waals surface area (Å²) in [5, 5.41) is 11.4. The predicted molar refractivity (Wildman–Crippen MR) is 89.5 cm³/mol. The van der Waals surface area contributed by atoms with E-state index in [1.165, 1.54) is 11.9 Å². The quantitative estimate of drug-likeness (QED) is 0.738. The van der Waals surface area contributed by atoms with Gasteiger partial charge >= 0.3 is 0 Å². The second-order valence-electron chi connectivity index (χ2n) is 5.86. The summed E-state index contributed by atoms with van der Waals surface area (Å²) < 4.78 is 1.55. The summed E-state index contributed by atoms with van der Waals surface area (Å²) >= 11 is 0. The first-order valence-electron chi connectivity index (χ1n) is 7.98. The molecule has 24 heavy (non-hydrogen) atoms. The normalized spacial score (nSPS) is 14.4. The van der Waals surface area contributed by atoms with E-state index in [9.17, 15) is 4.79 Å². The summed E-state index contributed by atoms with van der Waals surface area (Å²) in [5.74, 6) is 0.0242. The lowest BCUT2D eigenvalue weighted by Crippen LogP contribution is -2.37. The van der Waals surface area contributed by atoms with Crippen LogP contribution in [0.4, 0.5) is 5.69 Å². The summed E-state index contributed by atoms with van der Waals surface area (Å²) in [6, 6.07) is 17.5. The minimum absolute atomic E-state index is 0.0242. The highest BCUT2D eigenvalue weighted by Gasteiger charge is 2.31. The number of carbonyl (C=O) groups is 1. The van der Waals surface area contributed by atoms with Gasteiger partial charge in [0, 0.05) is 18.7 Å². The number of amides is 1. The summed E-state index contributed by atoms with van der Waals surface area (Å²) in [5.41, 5.74) is 3.29. The van der Waals surface area contributed by atoms with Crippen molar-refractivity contribution in [1.29, 1.82) is 0 Å². The number of para-hydroxylation sites is 1. The van der Waals surface area contributed by atoms with Crippen LogP contribution in [0.1, 0.15) is 17.2 Å². The Kier molecular flexibility index (Phi) is 3.78. The zero-order valence-corrected chi connectivity index (χ0v) is 13.1. The number of nitrogens with zero attached hydrogens (tertiary/aromatic N) is 5. The van der Waals surface area contributed by atoms with Crippen LogP contribution in [-0.4, -0.2) is 32.7 Å². The highest BCUT2D eigenvalue weighted by molar-refractivity contribution is 5.98. The molecule has 0 saturated heterocycles. The van der Waals surface area contributed by atoms with Crippen molar-refractivity contribution in [3.63, 3.8) is 0 Å². The fourth-order valence-electron chi connectivity index (χ4n) is 3.19. The number of aromatic nitrogens is 4. The number of hydrogen-bond acceptors (Lipinski definition) is 4. The number of hydrogen-bond donors (Lipinski definition) is 0. The fourth-order valence-corrected chi connectivity index (χ4v) is 3.19. The van der Waals surface area contributed by atoms with Crippen LogP contribution >= 0.6 is 0 Å². The third-order valence-corrected chi connectivity index (χ3v) is 4.39. The first-order chi connectivity index (χ1) is 11.8. The Balaban J connectivity index is 1.65. The summed E-state index contributed by atoms with van der Waals surface area (Å²) in [6.45, 7) is 0.700. The third kappa shape index (κ3) is 2.67. The lowest BCUT2D eigenvalue weighted by Gasteiger charge is -2.23. The molecule has 6 nitrogen and oxygen atoms in total. The van der Waals surface area contributed by atoms with Crippen LogP contribution in [0.2, 0.25) is 0 Å². The Morgan fingerprint density at radius 3 is 2.67 bits per heavy atom. The molecule has 1 amide bonds. The van der Waals surface area contributed by atoms with E-state index in [2.05, 4.69) is 21.6 Å². The molecule has 0 spiro atoms. The molecule has 0 N–H and O–H groups in total. The molecule has 0 fully saturated rings. The van der Waals surface area contributed by atoms with Crippen molar-refractivity contribution in [3.8, 4) is 0 Å². The Labute approximate surface area is 139 Å². The molecule has 3 aromatic rings. The van der Waals surface area contributed by atoms with E-state index < -0.39 is 6.04 Å². The van der Waals surface area contributed by atoms with Gasteiger partial charge in [-0.2, -0.15) is 0 Å². The fraction of sp³-hybridized carbons (Fsp3) is 0.222. The van der Waals surface area contributed by atoms with Gasteiger partial charge in [0.05, 0.1) is 0 Å². The highest BCUT2D eigenvalue weighted by Crippen LogP contribution is 2.30. The van der Waals surface area contributed by atoms with Crippen LogP contribution in [0.5, 0.6) is 0 Å². The average Bonchev–Trinajstić information content (AvgIpc) is 3.30. The minimum Gasteiger partial charge on any atom is -0.310 e. The molecule has 2 aromatic carbocycles. The molecule has 1 atom stereocenters. The number of anilines is 1. The first-order valence-corrected chi connectivity index (χ1v) is 7.98. The molecule has 1 aliphatic heterocycles. The van der Waals surface area contributed by atoms with Gasteiger partial charge in [-0.1, -0.05) is 48.5 Å². The monoisotopic (exact) mass is 319 g/mol. The van der Waals surface area contributed by atoms with Gasteiger partial charge in [-0.25, -0.2) is 4.68 Å². The maximum atomic E-state index is 13.2. The largest absolute Gasteiger partial charge is 0.310 e. The molecular formula is C18H17N5O. The molecule has 0 aliphatic carbocycles. The van der Waals surface area contributed by atoms with Gasteiger partial charge in [0.25, 0.3) is 5.91 Å². The molecule has 2 heterocycles. The van der Waals surface area contributed by atoms with Crippen molar-refractivity contribution >= 4 is 11.6 Å². The smallest absolute Gasteiger partial charge is 0.252 e. The van der Waals surface area contributed by atoms with Crippen molar-refractivity contribution in [3.05, 3.63) is 72.1 Å². The molecule has 1 aromatic heterocycles. The van der Waals surface area contributed by atoms with Crippen molar-refractivity contribution < 1.29 is 4.79 Å². The molecule has 120 valence electrons. The average molecular weight is 319 g/mol. The Morgan fingerprint density at radius 1 is 1.08 bits per heavy atom. The molecule has 0 unspecified atom stereocenters. The highest BCUT2D eigenvalue weighted by atomic mass is 16.2. The molecule has 6 heteroatoms. The van der Waals surface area contributed by atoms with Crippen LogP contribution in [0.15, 0.2) is 60.9 Å². The third-order valence-electron chi connectivity index (χ3n) is 4.39. The van der Waals surface area contributed by atoms with Gasteiger partial charge in [0.1, 0.15) is 12.4 Å². The minimum atomic E-state index is -0.450. The van der Waals surface area contributed by atoms with Crippen LogP contribution in [0, 0.1) is 0 Å². The van der Waals surface area contributed by atoms with E-state index in [0.717, 1.165) is 17.7 Å². The molecular weight excluding hydrogens is 302 g/mol. The molecule has 1 aliphatic rings. The second-order valence-corrected chi connectivity index (χ2v) is 5.86. The Bertz CT molecular complexity index is 832. The van der Waals surface area contributed by atoms with Crippen LogP contribution in [0.25, 0.3) is 0 Å². The van der Waals surface area contributed by atoms with E-state index >= 15 is 0 Å². The molecule has 0 bridgehead atoms. The van der Waals surface area contributed by atoms with Crippen LogP contribution in [-0.2, 0) is 17.6 Å². The van der Waals surface area contributed by atoms with Gasteiger partial charge in [-0.3, -0.25) is 4.79 Å². The van der Waals surface area contributed by atoms with Crippen molar-refractivity contribution in [1.82, 2.24) is 20.2 Å². The standard InChI is InChI=1S/C18H17N5O/c24-18(22-11-10-15-8-4-5-9-16(15)22)17(23-13-19-20-21-23)12-14-6-2-1-3-7-14/h1-9,13,17H,10-12H2/t17-/m1/s1. The van der Waals surface area contributed by atoms with Gasteiger partial charge in [0.15, 0.2) is 0 Å². The number of tetrazole rings is 1. The summed E-state index contributed by atoms with van der Waals surface area (Å²) in [7, 11) is 0. The molecule has 4 rings (SSSR count). The van der Waals surface area contributed by atoms with Crippen molar-refractivity contribution in [2.45, 2.75) is 18.9 Å². The molecule has 0 radical (unpaired) electrons. The number of rotatable bonds is 4. The number of benzene rings is 2. The number of fused-ring (bicyclic) bond motifs is 1. The van der Waals surface area contributed by atoms with Crippen molar-refractivity contribution in [2.75, 3.05) is 11.4 Å². The van der Waals surface area contributed by atoms with Crippen LogP contribution < -0.4 is 4.90 Å². The van der Waals surface area contributed by atoms with E-state index in [0.29, 0.717) is 13.0 Å². The second kappa shape index (κ2) is 6.23. The lowest BCUT2D eigenvalue weighted by atomic mass is 10.0. The van der Waals surface area contributed by atoms with Gasteiger partial charge in [-0.15, -0.1) is 5.10 Å². The van der Waals surface area contributed by atoms with Gasteiger partial charge in [-0.05, 0) is 34.0 Å².